The number of benzene rings is 2. The van der Waals surface area contributed by atoms with Crippen LogP contribution in [-0.2, 0) is 6.54 Å². The van der Waals surface area contributed by atoms with Crippen molar-refractivity contribution in [1.82, 2.24) is 14.7 Å². The van der Waals surface area contributed by atoms with Crippen molar-refractivity contribution in [2.75, 3.05) is 36.8 Å². The molecule has 0 radical (unpaired) electrons. The van der Waals surface area contributed by atoms with Gasteiger partial charge in [-0.2, -0.15) is 5.10 Å². The second-order valence-electron chi connectivity index (χ2n) is 7.43. The molecule has 1 unspecified atom stereocenters. The molecule has 1 aliphatic heterocycles. The van der Waals surface area contributed by atoms with E-state index in [2.05, 4.69) is 31.9 Å². The summed E-state index contributed by atoms with van der Waals surface area (Å²) in [6.07, 6.45) is 1.70. The van der Waals surface area contributed by atoms with Crippen LogP contribution in [0.2, 0.25) is 15.1 Å². The summed E-state index contributed by atoms with van der Waals surface area (Å²) in [5.74, 6) is 0.274. The van der Waals surface area contributed by atoms with Crippen molar-refractivity contribution in [3.8, 4) is 0 Å². The Morgan fingerprint density at radius 1 is 1.03 bits per heavy atom. The van der Waals surface area contributed by atoms with E-state index < -0.39 is 0 Å². The number of nitrogens with two attached hydrogens (primary N) is 1. The smallest absolute Gasteiger partial charge is 0.247 e. The molecular formula is C22H21Cl3N6. The molecule has 31 heavy (non-hydrogen) atoms. The molecule has 4 rings (SSSR count). The number of piperazine rings is 1. The van der Waals surface area contributed by atoms with E-state index in [1.807, 2.05) is 24.3 Å². The van der Waals surface area contributed by atoms with Crippen LogP contribution in [-0.4, -0.2) is 40.9 Å². The molecule has 1 fully saturated rings. The van der Waals surface area contributed by atoms with E-state index in [1.54, 1.807) is 16.9 Å². The van der Waals surface area contributed by atoms with Gasteiger partial charge in [0.05, 0.1) is 29.9 Å². The van der Waals surface area contributed by atoms with Crippen LogP contribution in [0, 0.1) is 6.57 Å². The maximum absolute atomic E-state index is 7.14. The number of aromatic nitrogens is 2. The van der Waals surface area contributed by atoms with E-state index in [0.717, 1.165) is 31.9 Å². The summed E-state index contributed by atoms with van der Waals surface area (Å²) >= 11 is 18.8. The largest absolute Gasteiger partial charge is 0.391 e. The summed E-state index contributed by atoms with van der Waals surface area (Å²) in [5, 5.41) is 6.20. The zero-order chi connectivity index (χ0) is 22.0. The van der Waals surface area contributed by atoms with Gasteiger partial charge in [0.1, 0.15) is 0 Å². The SMILES string of the molecule is [C-]#[N+]c1cn(CCN2CCN(c3ccc(Cl)cc3Cl)C(c3ccc(Cl)cc3)C2)nc1N. The monoisotopic (exact) mass is 474 g/mol. The molecule has 0 amide bonds. The predicted molar refractivity (Wildman–Crippen MR) is 127 cm³/mol. The molecule has 0 spiro atoms. The molecule has 6 nitrogen and oxygen atoms in total. The topological polar surface area (TPSA) is 54.7 Å². The lowest BCUT2D eigenvalue weighted by Crippen LogP contribution is -2.49. The van der Waals surface area contributed by atoms with Crippen LogP contribution < -0.4 is 10.6 Å². The third kappa shape index (κ3) is 4.91. The fourth-order valence-electron chi connectivity index (χ4n) is 3.89. The van der Waals surface area contributed by atoms with E-state index in [1.165, 1.54) is 5.56 Å². The Morgan fingerprint density at radius 2 is 1.77 bits per heavy atom. The highest BCUT2D eigenvalue weighted by molar-refractivity contribution is 6.36. The molecule has 1 atom stereocenters. The summed E-state index contributed by atoms with van der Waals surface area (Å²) in [5.41, 5.74) is 8.30. The minimum atomic E-state index is 0.103. The number of nitrogens with zero attached hydrogens (tertiary/aromatic N) is 5. The maximum Gasteiger partial charge on any atom is 0.247 e. The maximum atomic E-state index is 7.14. The van der Waals surface area contributed by atoms with Crippen molar-refractivity contribution < 1.29 is 0 Å². The summed E-state index contributed by atoms with van der Waals surface area (Å²) < 4.78 is 1.74. The van der Waals surface area contributed by atoms with Crippen LogP contribution in [0.15, 0.2) is 48.7 Å². The van der Waals surface area contributed by atoms with Crippen molar-refractivity contribution in [3.05, 3.63) is 80.7 Å². The highest BCUT2D eigenvalue weighted by Crippen LogP contribution is 2.36. The number of hydrogen-bond acceptors (Lipinski definition) is 4. The molecule has 0 aliphatic carbocycles. The number of rotatable bonds is 5. The van der Waals surface area contributed by atoms with Crippen molar-refractivity contribution in [1.29, 1.82) is 0 Å². The number of halogens is 3. The van der Waals surface area contributed by atoms with Gasteiger partial charge in [-0.05, 0) is 35.9 Å². The Morgan fingerprint density at radius 3 is 2.45 bits per heavy atom. The molecule has 1 saturated heterocycles. The van der Waals surface area contributed by atoms with Gasteiger partial charge in [0, 0.05) is 42.4 Å². The van der Waals surface area contributed by atoms with Gasteiger partial charge >= 0.3 is 0 Å². The van der Waals surface area contributed by atoms with Gasteiger partial charge in [-0.1, -0.05) is 46.9 Å². The lowest BCUT2D eigenvalue weighted by atomic mass is 10.0. The molecule has 1 aliphatic rings. The quantitative estimate of drug-likeness (QED) is 0.492. The Balaban J connectivity index is 1.55. The molecular weight excluding hydrogens is 455 g/mol. The normalized spacial score (nSPS) is 17.0. The Kier molecular flexibility index (Phi) is 6.59. The minimum absolute atomic E-state index is 0.103. The third-order valence-corrected chi connectivity index (χ3v) is 6.26. The van der Waals surface area contributed by atoms with E-state index >= 15 is 0 Å². The van der Waals surface area contributed by atoms with Gasteiger partial charge < -0.3 is 10.6 Å². The zero-order valence-corrected chi connectivity index (χ0v) is 18.9. The highest BCUT2D eigenvalue weighted by Gasteiger charge is 2.29. The van der Waals surface area contributed by atoms with E-state index in [-0.39, 0.29) is 11.9 Å². The van der Waals surface area contributed by atoms with Crippen LogP contribution in [0.3, 0.4) is 0 Å². The Bertz CT molecular complexity index is 1110. The lowest BCUT2D eigenvalue weighted by Gasteiger charge is -2.43. The van der Waals surface area contributed by atoms with Crippen LogP contribution in [0.4, 0.5) is 17.2 Å². The van der Waals surface area contributed by atoms with Gasteiger partial charge in [0.25, 0.3) is 0 Å². The fraction of sp³-hybridized carbons (Fsp3) is 0.273. The zero-order valence-electron chi connectivity index (χ0n) is 16.7. The Hall–Kier alpha value is -2.43. The molecule has 2 N–H and O–H groups in total. The van der Waals surface area contributed by atoms with Gasteiger partial charge in [-0.3, -0.25) is 9.58 Å². The van der Waals surface area contributed by atoms with E-state index in [4.69, 9.17) is 47.1 Å². The molecule has 9 heteroatoms. The molecule has 160 valence electrons. The van der Waals surface area contributed by atoms with Gasteiger partial charge in [-0.25, -0.2) is 4.85 Å². The summed E-state index contributed by atoms with van der Waals surface area (Å²) in [6.45, 7) is 11.1. The molecule has 0 saturated carbocycles. The first-order valence-electron chi connectivity index (χ1n) is 9.84. The van der Waals surface area contributed by atoms with E-state index in [0.29, 0.717) is 27.3 Å². The fourth-order valence-corrected chi connectivity index (χ4v) is 4.53. The van der Waals surface area contributed by atoms with Crippen molar-refractivity contribution >= 4 is 52.0 Å². The average Bonchev–Trinajstić information content (AvgIpc) is 3.12. The first-order chi connectivity index (χ1) is 14.9. The first-order valence-corrected chi connectivity index (χ1v) is 11.0. The standard InChI is InChI=1S/C22H21Cl3N6/c1-27-19-13-30(28-22(19)26)10-8-29-9-11-31(20-7-6-17(24)12-18(20)25)21(14-29)15-2-4-16(23)5-3-15/h2-7,12-13,21H,8-11,14H2,(H2,26,28). The Labute approximate surface area is 196 Å². The number of nitrogen functional groups attached to an aromatic ring is 1. The van der Waals surface area contributed by atoms with Crippen LogP contribution in [0.1, 0.15) is 11.6 Å². The first kappa shape index (κ1) is 21.8. The second-order valence-corrected chi connectivity index (χ2v) is 8.71. The summed E-state index contributed by atoms with van der Waals surface area (Å²) in [4.78, 5) is 8.10. The van der Waals surface area contributed by atoms with E-state index in [9.17, 15) is 0 Å². The summed E-state index contributed by atoms with van der Waals surface area (Å²) in [7, 11) is 0. The van der Waals surface area contributed by atoms with Gasteiger partial charge in [-0.15, -0.1) is 0 Å². The molecule has 2 aromatic carbocycles. The highest BCUT2D eigenvalue weighted by atomic mass is 35.5. The molecule has 3 aromatic rings. The average molecular weight is 476 g/mol. The predicted octanol–water partition coefficient (Wildman–Crippen LogP) is 5.54. The van der Waals surface area contributed by atoms with Gasteiger partial charge in [0.2, 0.25) is 5.69 Å². The third-order valence-electron chi connectivity index (χ3n) is 5.47. The second kappa shape index (κ2) is 9.37. The molecule has 0 bridgehead atoms. The molecule has 2 heterocycles. The van der Waals surface area contributed by atoms with Crippen molar-refractivity contribution in [2.45, 2.75) is 12.6 Å². The van der Waals surface area contributed by atoms with Crippen molar-refractivity contribution in [3.63, 3.8) is 0 Å². The van der Waals surface area contributed by atoms with Crippen LogP contribution in [0.25, 0.3) is 4.85 Å². The van der Waals surface area contributed by atoms with Gasteiger partial charge in [0.15, 0.2) is 5.82 Å². The van der Waals surface area contributed by atoms with Crippen LogP contribution >= 0.6 is 34.8 Å². The number of anilines is 2. The number of hydrogen-bond donors (Lipinski definition) is 1. The van der Waals surface area contributed by atoms with Crippen molar-refractivity contribution in [2.24, 2.45) is 0 Å². The molecule has 1 aromatic heterocycles. The lowest BCUT2D eigenvalue weighted by molar-refractivity contribution is 0.213. The van der Waals surface area contributed by atoms with Crippen LogP contribution in [0.5, 0.6) is 0 Å². The summed E-state index contributed by atoms with van der Waals surface area (Å²) in [6, 6.07) is 13.7. The minimum Gasteiger partial charge on any atom is -0.391 e.